The molecule has 4 rings (SSSR count). The summed E-state index contributed by atoms with van der Waals surface area (Å²) in [4.78, 5) is 19.0. The van der Waals surface area contributed by atoms with Gasteiger partial charge in [0, 0.05) is 5.75 Å². The number of amides is 1. The number of thioether (sulfide) groups is 1. The van der Waals surface area contributed by atoms with Crippen LogP contribution in [0.15, 0.2) is 77.4 Å². The van der Waals surface area contributed by atoms with E-state index in [-0.39, 0.29) is 11.4 Å². The van der Waals surface area contributed by atoms with Gasteiger partial charge in [-0.05, 0) is 54.5 Å². The molecule has 1 amide bonds. The molecule has 0 aromatic heterocycles. The molecule has 33 heavy (non-hydrogen) atoms. The summed E-state index contributed by atoms with van der Waals surface area (Å²) in [7, 11) is 0. The van der Waals surface area contributed by atoms with E-state index in [1.807, 2.05) is 31.2 Å². The summed E-state index contributed by atoms with van der Waals surface area (Å²) in [5.41, 5.74) is 2.03. The number of benzene rings is 3. The maximum absolute atomic E-state index is 14.6. The van der Waals surface area contributed by atoms with E-state index in [2.05, 4.69) is 4.99 Å². The number of ether oxygens (including phenoxy) is 1. The molecule has 0 radical (unpaired) electrons. The maximum atomic E-state index is 14.6. The Morgan fingerprint density at radius 3 is 2.58 bits per heavy atom. The number of halogens is 3. The predicted molar refractivity (Wildman–Crippen MR) is 135 cm³/mol. The Bertz CT molecular complexity index is 1260. The fourth-order valence-electron chi connectivity index (χ4n) is 3.20. The van der Waals surface area contributed by atoms with Crippen LogP contribution in [0.3, 0.4) is 0 Å². The number of rotatable bonds is 6. The molecule has 1 aliphatic rings. The van der Waals surface area contributed by atoms with E-state index in [4.69, 9.17) is 27.9 Å². The number of carbonyl (C=O) groups excluding carboxylic acids is 1. The quantitative estimate of drug-likeness (QED) is 0.270. The number of para-hydroxylation sites is 2. The van der Waals surface area contributed by atoms with Crippen molar-refractivity contribution in [3.8, 4) is 5.75 Å². The van der Waals surface area contributed by atoms with Crippen LogP contribution in [0.2, 0.25) is 10.0 Å². The van der Waals surface area contributed by atoms with Crippen LogP contribution >= 0.6 is 35.0 Å². The van der Waals surface area contributed by atoms with Crippen molar-refractivity contribution < 1.29 is 13.9 Å². The van der Waals surface area contributed by atoms with Gasteiger partial charge in [-0.2, -0.15) is 0 Å². The molecule has 8 heteroatoms. The molecule has 3 aromatic rings. The normalized spacial score (nSPS) is 14.7. The highest BCUT2D eigenvalue weighted by Gasteiger charge is 2.33. The van der Waals surface area contributed by atoms with E-state index in [0.717, 1.165) is 11.3 Å². The van der Waals surface area contributed by atoms with Crippen LogP contribution in [0.4, 0.5) is 10.1 Å². The molecule has 4 nitrogen and oxygen atoms in total. The van der Waals surface area contributed by atoms with Gasteiger partial charge in [0.25, 0.3) is 5.91 Å². The molecule has 0 N–H and O–H groups in total. The summed E-state index contributed by atoms with van der Waals surface area (Å²) in [6, 6.07) is 18.9. The zero-order valence-electron chi connectivity index (χ0n) is 17.6. The van der Waals surface area contributed by atoms with Gasteiger partial charge in [-0.3, -0.25) is 9.69 Å². The number of aliphatic imine (C=N–C) groups is 1. The van der Waals surface area contributed by atoms with Crippen molar-refractivity contribution in [3.05, 3.63) is 99.4 Å². The molecular formula is C25H19Cl2FN2O2S. The lowest BCUT2D eigenvalue weighted by atomic mass is 10.2. The fourth-order valence-corrected chi connectivity index (χ4v) is 4.33. The lowest BCUT2D eigenvalue weighted by molar-refractivity contribution is -0.113. The van der Waals surface area contributed by atoms with Crippen molar-refractivity contribution in [2.75, 3.05) is 17.3 Å². The predicted octanol–water partition coefficient (Wildman–Crippen LogP) is 7.00. The Kier molecular flexibility index (Phi) is 7.38. The van der Waals surface area contributed by atoms with Crippen molar-refractivity contribution >= 4 is 57.8 Å². The Morgan fingerprint density at radius 1 is 1.06 bits per heavy atom. The van der Waals surface area contributed by atoms with Gasteiger partial charge in [0.15, 0.2) is 5.17 Å². The second kappa shape index (κ2) is 10.4. The maximum Gasteiger partial charge on any atom is 0.283 e. The van der Waals surface area contributed by atoms with Crippen molar-refractivity contribution in [1.82, 2.24) is 0 Å². The Balaban J connectivity index is 1.57. The van der Waals surface area contributed by atoms with E-state index in [9.17, 15) is 9.18 Å². The zero-order chi connectivity index (χ0) is 23.4. The molecule has 0 bridgehead atoms. The topological polar surface area (TPSA) is 41.9 Å². The van der Waals surface area contributed by atoms with Gasteiger partial charge < -0.3 is 4.74 Å². The van der Waals surface area contributed by atoms with Crippen LogP contribution in [-0.4, -0.2) is 23.4 Å². The summed E-state index contributed by atoms with van der Waals surface area (Å²) in [5.74, 6) is 0.388. The molecule has 3 aromatic carbocycles. The van der Waals surface area contributed by atoms with Crippen LogP contribution < -0.4 is 9.64 Å². The Labute approximate surface area is 205 Å². The molecule has 0 fully saturated rings. The number of hydrogen-bond acceptors (Lipinski definition) is 4. The summed E-state index contributed by atoms with van der Waals surface area (Å²) in [6.07, 6.45) is 1.61. The summed E-state index contributed by atoms with van der Waals surface area (Å²) in [6.45, 7) is 2.38. The highest BCUT2D eigenvalue weighted by atomic mass is 35.5. The third kappa shape index (κ3) is 5.41. The van der Waals surface area contributed by atoms with Crippen molar-refractivity contribution in [2.45, 2.75) is 6.92 Å². The van der Waals surface area contributed by atoms with Gasteiger partial charge in [0.05, 0.1) is 22.3 Å². The van der Waals surface area contributed by atoms with Gasteiger partial charge >= 0.3 is 0 Å². The van der Waals surface area contributed by atoms with Crippen molar-refractivity contribution in [2.24, 2.45) is 4.99 Å². The Morgan fingerprint density at radius 2 is 1.82 bits per heavy atom. The third-order valence-electron chi connectivity index (χ3n) is 4.84. The highest BCUT2D eigenvalue weighted by Crippen LogP contribution is 2.32. The van der Waals surface area contributed by atoms with Crippen molar-refractivity contribution in [1.29, 1.82) is 0 Å². The van der Waals surface area contributed by atoms with Gasteiger partial charge in [0.2, 0.25) is 0 Å². The first-order chi connectivity index (χ1) is 15.9. The molecule has 0 aliphatic carbocycles. The van der Waals surface area contributed by atoms with Crippen LogP contribution in [0.1, 0.15) is 11.1 Å². The molecular weight excluding hydrogens is 482 g/mol. The van der Waals surface area contributed by atoms with E-state index < -0.39 is 11.7 Å². The largest absolute Gasteiger partial charge is 0.492 e. The minimum atomic E-state index is -0.508. The molecule has 1 aliphatic heterocycles. The summed E-state index contributed by atoms with van der Waals surface area (Å²) >= 11 is 13.4. The second-order valence-corrected chi connectivity index (χ2v) is 9.03. The molecule has 0 unspecified atom stereocenters. The average Bonchev–Trinajstić information content (AvgIpc) is 3.10. The van der Waals surface area contributed by atoms with Gasteiger partial charge in [0.1, 0.15) is 17.3 Å². The van der Waals surface area contributed by atoms with Crippen LogP contribution in [0.25, 0.3) is 6.08 Å². The van der Waals surface area contributed by atoms with E-state index in [1.54, 1.807) is 42.5 Å². The van der Waals surface area contributed by atoms with E-state index in [1.165, 1.54) is 22.7 Å². The van der Waals surface area contributed by atoms with Gasteiger partial charge in [-0.25, -0.2) is 9.38 Å². The Hall–Kier alpha value is -2.80. The number of anilines is 1. The van der Waals surface area contributed by atoms with E-state index >= 15 is 0 Å². The molecule has 168 valence electrons. The molecule has 0 saturated carbocycles. The molecule has 0 spiro atoms. The SMILES string of the molecule is Cc1ccccc1OCCSC1=N/C(=C/c2ccc(Cl)c(Cl)c2)C(=O)N1c1ccccc1F. The number of hydrogen-bond donors (Lipinski definition) is 0. The average molecular weight is 501 g/mol. The van der Waals surface area contributed by atoms with E-state index in [0.29, 0.717) is 33.1 Å². The highest BCUT2D eigenvalue weighted by molar-refractivity contribution is 8.14. The number of amidine groups is 1. The number of carbonyl (C=O) groups is 1. The molecule has 1 heterocycles. The number of aryl methyl sites for hydroxylation is 1. The first kappa shape index (κ1) is 23.4. The second-order valence-electron chi connectivity index (χ2n) is 7.15. The zero-order valence-corrected chi connectivity index (χ0v) is 19.9. The van der Waals surface area contributed by atoms with Gasteiger partial charge in [-0.15, -0.1) is 0 Å². The standard InChI is InChI=1S/C25H19Cl2FN2O2S/c1-16-6-2-5-9-23(16)32-12-13-33-25-29-21(15-17-10-11-18(26)19(27)14-17)24(31)30(25)22-8-4-3-7-20(22)28/h2-11,14-15H,12-13H2,1H3/b21-15+. The summed E-state index contributed by atoms with van der Waals surface area (Å²) < 4.78 is 20.4. The summed E-state index contributed by atoms with van der Waals surface area (Å²) in [5, 5.41) is 1.16. The van der Waals surface area contributed by atoms with Gasteiger partial charge in [-0.1, -0.05) is 71.4 Å². The monoisotopic (exact) mass is 500 g/mol. The van der Waals surface area contributed by atoms with Crippen LogP contribution in [0.5, 0.6) is 5.75 Å². The minimum Gasteiger partial charge on any atom is -0.492 e. The molecule has 0 saturated heterocycles. The number of nitrogens with zero attached hydrogens (tertiary/aromatic N) is 2. The van der Waals surface area contributed by atoms with Crippen LogP contribution in [0, 0.1) is 12.7 Å². The first-order valence-electron chi connectivity index (χ1n) is 10.1. The van der Waals surface area contributed by atoms with Crippen molar-refractivity contribution in [3.63, 3.8) is 0 Å². The minimum absolute atomic E-state index is 0.145. The first-order valence-corrected chi connectivity index (χ1v) is 11.8. The third-order valence-corrected chi connectivity index (χ3v) is 6.48. The smallest absolute Gasteiger partial charge is 0.283 e. The lowest BCUT2D eigenvalue weighted by Gasteiger charge is -2.18. The fraction of sp³-hybridized carbons (Fsp3) is 0.120. The molecule has 0 atom stereocenters. The van der Waals surface area contributed by atoms with Crippen LogP contribution in [-0.2, 0) is 4.79 Å². The lowest BCUT2D eigenvalue weighted by Crippen LogP contribution is -2.31.